The summed E-state index contributed by atoms with van der Waals surface area (Å²) in [6.07, 6.45) is 0. The van der Waals surface area contributed by atoms with Gasteiger partial charge in [-0.25, -0.2) is 4.39 Å². The molecular weight excluding hydrogens is 271 g/mol. The lowest BCUT2D eigenvalue weighted by Crippen LogP contribution is -2.12. The second kappa shape index (κ2) is 6.01. The first-order chi connectivity index (χ1) is 9.47. The Morgan fingerprint density at radius 1 is 1.20 bits per heavy atom. The molecule has 0 fully saturated rings. The fourth-order valence-corrected chi connectivity index (χ4v) is 2.16. The van der Waals surface area contributed by atoms with E-state index < -0.39 is 5.82 Å². The van der Waals surface area contributed by atoms with Crippen LogP contribution in [0.2, 0.25) is 0 Å². The molecule has 0 bridgehead atoms. The van der Waals surface area contributed by atoms with Gasteiger partial charge in [0.1, 0.15) is 10.8 Å². The molecule has 104 valence electrons. The molecule has 0 aliphatic carbocycles. The van der Waals surface area contributed by atoms with Gasteiger partial charge in [0, 0.05) is 17.3 Å². The SMILES string of the molecule is Cc1ccc(C(C)Nc2ccc(C(N)=S)c(F)c2)cc1. The predicted octanol–water partition coefficient (Wildman–Crippen LogP) is 3.94. The molecule has 0 radical (unpaired) electrons. The zero-order valence-electron chi connectivity index (χ0n) is 11.5. The van der Waals surface area contributed by atoms with Crippen molar-refractivity contribution in [2.24, 2.45) is 5.73 Å². The van der Waals surface area contributed by atoms with Gasteiger partial charge in [-0.2, -0.15) is 0 Å². The van der Waals surface area contributed by atoms with Gasteiger partial charge in [-0.3, -0.25) is 0 Å². The largest absolute Gasteiger partial charge is 0.389 e. The maximum Gasteiger partial charge on any atom is 0.135 e. The fourth-order valence-electron chi connectivity index (χ4n) is 1.99. The van der Waals surface area contributed by atoms with Gasteiger partial charge in [0.2, 0.25) is 0 Å². The molecular formula is C16H17FN2S. The minimum Gasteiger partial charge on any atom is -0.389 e. The van der Waals surface area contributed by atoms with Gasteiger partial charge < -0.3 is 11.1 Å². The first-order valence-corrected chi connectivity index (χ1v) is 6.80. The van der Waals surface area contributed by atoms with Crippen molar-refractivity contribution in [3.05, 3.63) is 65.0 Å². The van der Waals surface area contributed by atoms with Crippen molar-refractivity contribution in [3.63, 3.8) is 0 Å². The fraction of sp³-hybridized carbons (Fsp3) is 0.188. The molecule has 0 saturated carbocycles. The van der Waals surface area contributed by atoms with Crippen LogP contribution in [0.1, 0.15) is 29.7 Å². The number of hydrogen-bond acceptors (Lipinski definition) is 2. The van der Waals surface area contributed by atoms with Gasteiger partial charge >= 0.3 is 0 Å². The van der Waals surface area contributed by atoms with E-state index >= 15 is 0 Å². The molecule has 0 saturated heterocycles. The Hall–Kier alpha value is -1.94. The van der Waals surface area contributed by atoms with Crippen molar-refractivity contribution in [1.82, 2.24) is 0 Å². The summed E-state index contributed by atoms with van der Waals surface area (Å²) in [7, 11) is 0. The molecule has 4 heteroatoms. The summed E-state index contributed by atoms with van der Waals surface area (Å²) in [6, 6.07) is 13.1. The molecule has 3 N–H and O–H groups in total. The number of nitrogens with one attached hydrogen (secondary N) is 1. The average Bonchev–Trinajstić information content (AvgIpc) is 2.39. The predicted molar refractivity (Wildman–Crippen MR) is 85.5 cm³/mol. The lowest BCUT2D eigenvalue weighted by Gasteiger charge is -2.16. The van der Waals surface area contributed by atoms with Crippen LogP contribution in [-0.2, 0) is 0 Å². The summed E-state index contributed by atoms with van der Waals surface area (Å²) in [5.74, 6) is -0.404. The van der Waals surface area contributed by atoms with Gasteiger partial charge in [0.05, 0.1) is 0 Å². The number of aryl methyl sites for hydroxylation is 1. The van der Waals surface area contributed by atoms with E-state index in [1.54, 1.807) is 12.1 Å². The lowest BCUT2D eigenvalue weighted by atomic mass is 10.1. The highest BCUT2D eigenvalue weighted by Crippen LogP contribution is 2.21. The summed E-state index contributed by atoms with van der Waals surface area (Å²) in [5, 5.41) is 3.26. The number of nitrogens with two attached hydrogens (primary N) is 1. The average molecular weight is 288 g/mol. The Kier molecular flexibility index (Phi) is 4.35. The van der Waals surface area contributed by atoms with Gasteiger partial charge in [0.15, 0.2) is 0 Å². The highest BCUT2D eigenvalue weighted by Gasteiger charge is 2.09. The van der Waals surface area contributed by atoms with Crippen LogP contribution in [0.25, 0.3) is 0 Å². The maximum atomic E-state index is 13.8. The number of benzene rings is 2. The van der Waals surface area contributed by atoms with Crippen molar-refractivity contribution in [2.75, 3.05) is 5.32 Å². The number of thiocarbonyl (C=S) groups is 1. The van der Waals surface area contributed by atoms with Crippen LogP contribution in [0.3, 0.4) is 0 Å². The summed E-state index contributed by atoms with van der Waals surface area (Å²) >= 11 is 4.79. The molecule has 2 aromatic rings. The van der Waals surface area contributed by atoms with Crippen molar-refractivity contribution in [1.29, 1.82) is 0 Å². The van der Waals surface area contributed by atoms with Gasteiger partial charge in [-0.1, -0.05) is 42.0 Å². The molecule has 0 aliphatic heterocycles. The molecule has 0 heterocycles. The Morgan fingerprint density at radius 3 is 2.40 bits per heavy atom. The zero-order valence-corrected chi connectivity index (χ0v) is 12.3. The molecule has 1 atom stereocenters. The minimum atomic E-state index is -0.404. The monoisotopic (exact) mass is 288 g/mol. The zero-order chi connectivity index (χ0) is 14.7. The molecule has 0 aromatic heterocycles. The van der Waals surface area contributed by atoms with E-state index in [4.69, 9.17) is 18.0 Å². The van der Waals surface area contributed by atoms with Crippen LogP contribution in [0.5, 0.6) is 0 Å². The molecule has 0 aliphatic rings. The van der Waals surface area contributed by atoms with Gasteiger partial charge in [-0.05, 0) is 37.6 Å². The van der Waals surface area contributed by atoms with E-state index in [1.165, 1.54) is 11.6 Å². The number of rotatable bonds is 4. The van der Waals surface area contributed by atoms with Crippen LogP contribution in [0.4, 0.5) is 10.1 Å². The molecule has 2 nitrogen and oxygen atoms in total. The summed E-state index contributed by atoms with van der Waals surface area (Å²) in [5.41, 5.74) is 8.78. The van der Waals surface area contributed by atoms with E-state index in [9.17, 15) is 4.39 Å². The number of hydrogen-bond donors (Lipinski definition) is 2. The first kappa shape index (κ1) is 14.5. The second-order valence-electron chi connectivity index (χ2n) is 4.84. The van der Waals surface area contributed by atoms with E-state index in [0.717, 1.165) is 5.56 Å². The van der Waals surface area contributed by atoms with Crippen LogP contribution >= 0.6 is 12.2 Å². The third-order valence-corrected chi connectivity index (χ3v) is 3.41. The highest BCUT2D eigenvalue weighted by molar-refractivity contribution is 7.80. The van der Waals surface area contributed by atoms with Crippen molar-refractivity contribution in [2.45, 2.75) is 19.9 Å². The van der Waals surface area contributed by atoms with E-state index in [1.807, 2.05) is 13.8 Å². The quantitative estimate of drug-likeness (QED) is 0.837. The molecule has 2 aromatic carbocycles. The Bertz CT molecular complexity index is 623. The van der Waals surface area contributed by atoms with Gasteiger partial charge in [-0.15, -0.1) is 0 Å². The number of halogens is 1. The van der Waals surface area contributed by atoms with Crippen molar-refractivity contribution < 1.29 is 4.39 Å². The van der Waals surface area contributed by atoms with Crippen LogP contribution in [-0.4, -0.2) is 4.99 Å². The van der Waals surface area contributed by atoms with Crippen LogP contribution in [0.15, 0.2) is 42.5 Å². The topological polar surface area (TPSA) is 38.0 Å². The molecule has 2 rings (SSSR count). The number of anilines is 1. The lowest BCUT2D eigenvalue weighted by molar-refractivity contribution is 0.625. The van der Waals surface area contributed by atoms with E-state index in [2.05, 4.69) is 29.6 Å². The minimum absolute atomic E-state index is 0.0700. The third kappa shape index (κ3) is 3.33. The van der Waals surface area contributed by atoms with E-state index in [-0.39, 0.29) is 16.6 Å². The Morgan fingerprint density at radius 2 is 1.85 bits per heavy atom. The van der Waals surface area contributed by atoms with Gasteiger partial charge in [0.25, 0.3) is 0 Å². The molecule has 0 spiro atoms. The maximum absolute atomic E-state index is 13.8. The van der Waals surface area contributed by atoms with Crippen molar-refractivity contribution in [3.8, 4) is 0 Å². The first-order valence-electron chi connectivity index (χ1n) is 6.40. The summed E-state index contributed by atoms with van der Waals surface area (Å²) in [6.45, 7) is 4.08. The third-order valence-electron chi connectivity index (χ3n) is 3.20. The summed E-state index contributed by atoms with van der Waals surface area (Å²) in [4.78, 5) is 0.0700. The standard InChI is InChI=1S/C16H17FN2S/c1-10-3-5-12(6-4-10)11(2)19-13-7-8-14(16(18)20)15(17)9-13/h3-9,11,19H,1-2H3,(H2,18,20). The van der Waals surface area contributed by atoms with Crippen molar-refractivity contribution >= 4 is 22.9 Å². The van der Waals surface area contributed by atoms with E-state index in [0.29, 0.717) is 5.69 Å². The smallest absolute Gasteiger partial charge is 0.135 e. The Labute approximate surface area is 123 Å². The van der Waals surface area contributed by atoms with Crippen LogP contribution in [0, 0.1) is 12.7 Å². The summed E-state index contributed by atoms with van der Waals surface area (Å²) < 4.78 is 13.8. The molecule has 1 unspecified atom stereocenters. The second-order valence-corrected chi connectivity index (χ2v) is 5.28. The molecule has 20 heavy (non-hydrogen) atoms. The Balaban J connectivity index is 2.15. The highest BCUT2D eigenvalue weighted by atomic mass is 32.1. The molecule has 0 amide bonds. The van der Waals surface area contributed by atoms with Crippen LogP contribution < -0.4 is 11.1 Å². The normalized spacial score (nSPS) is 11.9.